The predicted octanol–water partition coefficient (Wildman–Crippen LogP) is 3.92. The topological polar surface area (TPSA) is 26.3 Å². The van der Waals surface area contributed by atoms with Gasteiger partial charge in [0.1, 0.15) is 5.82 Å². The molecular weight excluding hydrogens is 255 g/mol. The van der Waals surface area contributed by atoms with Crippen molar-refractivity contribution < 1.29 is 13.9 Å². The molecule has 0 fully saturated rings. The maximum atomic E-state index is 13.6. The Morgan fingerprint density at radius 3 is 2.60 bits per heavy atom. The number of hydrogen-bond donors (Lipinski definition) is 0. The van der Waals surface area contributed by atoms with Crippen molar-refractivity contribution in [3.05, 3.63) is 71.0 Å². The second-order valence-electron chi connectivity index (χ2n) is 4.71. The summed E-state index contributed by atoms with van der Waals surface area (Å²) >= 11 is 0. The van der Waals surface area contributed by atoms with E-state index in [-0.39, 0.29) is 5.56 Å². The van der Waals surface area contributed by atoms with Gasteiger partial charge in [0.15, 0.2) is 0 Å². The molecule has 2 aromatic carbocycles. The Hall–Kier alpha value is -2.16. The molecule has 0 aromatic heterocycles. The molecule has 0 aliphatic carbocycles. The Morgan fingerprint density at radius 1 is 1.15 bits per heavy atom. The van der Waals surface area contributed by atoms with Crippen molar-refractivity contribution in [2.45, 2.75) is 19.8 Å². The third-order valence-corrected chi connectivity index (χ3v) is 3.03. The Kier molecular flexibility index (Phi) is 4.88. The normalized spacial score (nSPS) is 10.3. The number of aryl methyl sites for hydroxylation is 2. The van der Waals surface area contributed by atoms with Gasteiger partial charge in [-0.25, -0.2) is 9.18 Å². The second kappa shape index (κ2) is 6.85. The van der Waals surface area contributed by atoms with E-state index >= 15 is 0 Å². The number of carbonyl (C=O) groups excluding carboxylic acids is 1. The van der Waals surface area contributed by atoms with Crippen LogP contribution in [0.2, 0.25) is 0 Å². The van der Waals surface area contributed by atoms with Crippen LogP contribution in [-0.4, -0.2) is 12.6 Å². The van der Waals surface area contributed by atoms with Gasteiger partial charge in [-0.2, -0.15) is 0 Å². The SMILES string of the molecule is Cc1ccc(C(=O)OCCCc2ccccc2)c(F)c1. The molecule has 0 atom stereocenters. The summed E-state index contributed by atoms with van der Waals surface area (Å²) in [6.45, 7) is 2.07. The van der Waals surface area contributed by atoms with Crippen LogP contribution in [0.15, 0.2) is 48.5 Å². The Morgan fingerprint density at radius 2 is 1.90 bits per heavy atom. The second-order valence-corrected chi connectivity index (χ2v) is 4.71. The molecule has 20 heavy (non-hydrogen) atoms. The number of benzene rings is 2. The summed E-state index contributed by atoms with van der Waals surface area (Å²) in [4.78, 5) is 11.7. The summed E-state index contributed by atoms with van der Waals surface area (Å²) in [6, 6.07) is 14.5. The lowest BCUT2D eigenvalue weighted by atomic mass is 10.1. The largest absolute Gasteiger partial charge is 0.462 e. The number of ether oxygens (including phenoxy) is 1. The monoisotopic (exact) mass is 272 g/mol. The first kappa shape index (κ1) is 14.3. The summed E-state index contributed by atoms with van der Waals surface area (Å²) in [5, 5.41) is 0. The maximum absolute atomic E-state index is 13.6. The smallest absolute Gasteiger partial charge is 0.341 e. The fourth-order valence-electron chi connectivity index (χ4n) is 1.95. The Labute approximate surface area is 118 Å². The first-order valence-corrected chi connectivity index (χ1v) is 6.64. The van der Waals surface area contributed by atoms with Crippen molar-refractivity contribution in [1.82, 2.24) is 0 Å². The molecule has 104 valence electrons. The van der Waals surface area contributed by atoms with Gasteiger partial charge in [0, 0.05) is 0 Å². The molecule has 0 aliphatic rings. The molecule has 2 nitrogen and oxygen atoms in total. The number of carbonyl (C=O) groups is 1. The van der Waals surface area contributed by atoms with Gasteiger partial charge in [-0.3, -0.25) is 0 Å². The molecule has 3 heteroatoms. The van der Waals surface area contributed by atoms with Gasteiger partial charge in [0.2, 0.25) is 0 Å². The van der Waals surface area contributed by atoms with E-state index in [2.05, 4.69) is 0 Å². The molecule has 0 radical (unpaired) electrons. The number of hydrogen-bond acceptors (Lipinski definition) is 2. The van der Waals surface area contributed by atoms with E-state index in [0.717, 1.165) is 18.4 Å². The Bertz CT molecular complexity index is 579. The predicted molar refractivity (Wildman–Crippen MR) is 76.2 cm³/mol. The summed E-state index contributed by atoms with van der Waals surface area (Å²) in [5.74, 6) is -1.13. The third-order valence-electron chi connectivity index (χ3n) is 3.03. The molecular formula is C17H17FO2. The molecule has 0 amide bonds. The first-order chi connectivity index (χ1) is 9.66. The highest BCUT2D eigenvalue weighted by molar-refractivity contribution is 5.89. The zero-order valence-corrected chi connectivity index (χ0v) is 11.4. The van der Waals surface area contributed by atoms with E-state index in [0.29, 0.717) is 6.61 Å². The highest BCUT2D eigenvalue weighted by Gasteiger charge is 2.12. The van der Waals surface area contributed by atoms with E-state index in [4.69, 9.17) is 4.74 Å². The number of esters is 1. The van der Waals surface area contributed by atoms with Gasteiger partial charge in [-0.15, -0.1) is 0 Å². The highest BCUT2D eigenvalue weighted by atomic mass is 19.1. The van der Waals surface area contributed by atoms with Crippen molar-refractivity contribution in [1.29, 1.82) is 0 Å². The zero-order valence-electron chi connectivity index (χ0n) is 11.4. The lowest BCUT2D eigenvalue weighted by Crippen LogP contribution is -2.09. The average molecular weight is 272 g/mol. The van der Waals surface area contributed by atoms with Crippen molar-refractivity contribution >= 4 is 5.97 Å². The van der Waals surface area contributed by atoms with E-state index in [1.165, 1.54) is 17.7 Å². The van der Waals surface area contributed by atoms with Gasteiger partial charge in [0.05, 0.1) is 12.2 Å². The van der Waals surface area contributed by atoms with E-state index in [1.54, 1.807) is 13.0 Å². The molecule has 2 rings (SSSR count). The molecule has 0 saturated heterocycles. The van der Waals surface area contributed by atoms with Crippen LogP contribution in [0.25, 0.3) is 0 Å². The number of rotatable bonds is 5. The fourth-order valence-corrected chi connectivity index (χ4v) is 1.95. The molecule has 0 saturated carbocycles. The van der Waals surface area contributed by atoms with Crippen molar-refractivity contribution in [3.8, 4) is 0 Å². The van der Waals surface area contributed by atoms with E-state index in [9.17, 15) is 9.18 Å². The molecule has 2 aromatic rings. The Balaban J connectivity index is 1.80. The van der Waals surface area contributed by atoms with Crippen molar-refractivity contribution in [2.75, 3.05) is 6.61 Å². The summed E-state index contributed by atoms with van der Waals surface area (Å²) in [7, 11) is 0. The summed E-state index contributed by atoms with van der Waals surface area (Å²) in [6.07, 6.45) is 1.56. The highest BCUT2D eigenvalue weighted by Crippen LogP contribution is 2.11. The maximum Gasteiger partial charge on any atom is 0.341 e. The first-order valence-electron chi connectivity index (χ1n) is 6.64. The minimum Gasteiger partial charge on any atom is -0.462 e. The molecule has 0 heterocycles. The lowest BCUT2D eigenvalue weighted by molar-refractivity contribution is 0.0495. The summed E-state index contributed by atoms with van der Waals surface area (Å²) < 4.78 is 18.7. The molecule has 0 aliphatic heterocycles. The minimum absolute atomic E-state index is 0.00434. The van der Waals surface area contributed by atoms with Crippen LogP contribution in [0.3, 0.4) is 0 Å². The van der Waals surface area contributed by atoms with Gasteiger partial charge in [-0.1, -0.05) is 36.4 Å². The lowest BCUT2D eigenvalue weighted by Gasteiger charge is -2.06. The number of halogens is 1. The van der Waals surface area contributed by atoms with E-state index < -0.39 is 11.8 Å². The molecule has 0 N–H and O–H groups in total. The van der Waals surface area contributed by atoms with Gasteiger partial charge < -0.3 is 4.74 Å². The van der Waals surface area contributed by atoms with Crippen molar-refractivity contribution in [2.24, 2.45) is 0 Å². The summed E-state index contributed by atoms with van der Waals surface area (Å²) in [5.41, 5.74) is 1.98. The van der Waals surface area contributed by atoms with Gasteiger partial charge in [0.25, 0.3) is 0 Å². The van der Waals surface area contributed by atoms with Crippen molar-refractivity contribution in [3.63, 3.8) is 0 Å². The van der Waals surface area contributed by atoms with Crippen LogP contribution in [-0.2, 0) is 11.2 Å². The third kappa shape index (κ3) is 3.92. The quantitative estimate of drug-likeness (QED) is 0.609. The van der Waals surface area contributed by atoms with Gasteiger partial charge >= 0.3 is 5.97 Å². The molecule has 0 spiro atoms. The standard InChI is InChI=1S/C17H17FO2/c1-13-9-10-15(16(18)12-13)17(19)20-11-5-8-14-6-3-2-4-7-14/h2-4,6-7,9-10,12H,5,8,11H2,1H3. The molecule has 0 unspecified atom stereocenters. The van der Waals surface area contributed by atoms with E-state index in [1.807, 2.05) is 30.3 Å². The average Bonchev–Trinajstić information content (AvgIpc) is 2.44. The zero-order chi connectivity index (χ0) is 14.4. The van der Waals surface area contributed by atoms with Crippen LogP contribution >= 0.6 is 0 Å². The van der Waals surface area contributed by atoms with Crippen LogP contribution in [0.5, 0.6) is 0 Å². The fraction of sp³-hybridized carbons (Fsp3) is 0.235. The minimum atomic E-state index is -0.601. The van der Waals surface area contributed by atoms with Crippen LogP contribution < -0.4 is 0 Å². The van der Waals surface area contributed by atoms with Crippen LogP contribution in [0.1, 0.15) is 27.9 Å². The van der Waals surface area contributed by atoms with Gasteiger partial charge in [-0.05, 0) is 43.0 Å². The molecule has 0 bridgehead atoms. The van der Waals surface area contributed by atoms with Crippen LogP contribution in [0.4, 0.5) is 4.39 Å². The van der Waals surface area contributed by atoms with Crippen LogP contribution in [0, 0.1) is 12.7 Å².